The van der Waals surface area contributed by atoms with E-state index in [0.717, 1.165) is 48.4 Å². The first kappa shape index (κ1) is 19.0. The van der Waals surface area contributed by atoms with Crippen molar-refractivity contribution in [2.75, 3.05) is 19.7 Å². The highest BCUT2D eigenvalue weighted by molar-refractivity contribution is 5.92. The van der Waals surface area contributed by atoms with Gasteiger partial charge in [-0.05, 0) is 67.5 Å². The summed E-state index contributed by atoms with van der Waals surface area (Å²) >= 11 is 0. The van der Waals surface area contributed by atoms with Crippen LogP contribution in [-0.2, 0) is 11.2 Å². The molecular formula is C22H26N2O3. The molecule has 5 nitrogen and oxygen atoms in total. The summed E-state index contributed by atoms with van der Waals surface area (Å²) in [5.41, 5.74) is 9.18. The van der Waals surface area contributed by atoms with Crippen LogP contribution in [0.4, 0.5) is 0 Å². The summed E-state index contributed by atoms with van der Waals surface area (Å²) in [6.45, 7) is 5.56. The Hall–Kier alpha value is -2.82. The molecule has 1 fully saturated rings. The Bertz CT molecular complexity index is 847. The summed E-state index contributed by atoms with van der Waals surface area (Å²) in [7, 11) is 0. The fraction of sp³-hybridized carbons (Fsp3) is 0.364. The number of carbonyl (C=O) groups excluding carboxylic acids is 2. The average molecular weight is 366 g/mol. The molecule has 2 amide bonds. The molecule has 0 spiro atoms. The third kappa shape index (κ3) is 4.67. The zero-order valence-corrected chi connectivity index (χ0v) is 15.9. The maximum Gasteiger partial charge on any atom is 0.260 e. The lowest BCUT2D eigenvalue weighted by Gasteiger charge is -2.18. The highest BCUT2D eigenvalue weighted by atomic mass is 16.5. The molecule has 27 heavy (non-hydrogen) atoms. The second-order valence-electron chi connectivity index (χ2n) is 7.25. The summed E-state index contributed by atoms with van der Waals surface area (Å²) in [6, 6.07) is 13.3. The van der Waals surface area contributed by atoms with Gasteiger partial charge >= 0.3 is 0 Å². The van der Waals surface area contributed by atoms with Crippen LogP contribution in [0.3, 0.4) is 0 Å². The molecule has 1 aliphatic rings. The molecule has 0 bridgehead atoms. The monoisotopic (exact) mass is 366 g/mol. The van der Waals surface area contributed by atoms with Crippen molar-refractivity contribution in [3.8, 4) is 5.75 Å². The van der Waals surface area contributed by atoms with Gasteiger partial charge in [-0.15, -0.1) is 0 Å². The van der Waals surface area contributed by atoms with Crippen molar-refractivity contribution in [1.29, 1.82) is 0 Å². The number of amides is 2. The third-order valence-corrected chi connectivity index (χ3v) is 5.28. The summed E-state index contributed by atoms with van der Waals surface area (Å²) in [4.78, 5) is 25.7. The third-order valence-electron chi connectivity index (χ3n) is 5.28. The Morgan fingerprint density at radius 1 is 1.19 bits per heavy atom. The smallest absolute Gasteiger partial charge is 0.260 e. The lowest BCUT2D eigenvalue weighted by Crippen LogP contribution is -2.33. The summed E-state index contributed by atoms with van der Waals surface area (Å²) in [6.07, 6.45) is 1.79. The zero-order chi connectivity index (χ0) is 19.4. The van der Waals surface area contributed by atoms with Gasteiger partial charge in [-0.1, -0.05) is 24.3 Å². The largest absolute Gasteiger partial charge is 0.483 e. The molecule has 3 rings (SSSR count). The minimum absolute atomic E-state index is 0.0179. The molecular weight excluding hydrogens is 340 g/mol. The van der Waals surface area contributed by atoms with Crippen LogP contribution in [0.15, 0.2) is 42.5 Å². The molecule has 142 valence electrons. The molecule has 2 N–H and O–H groups in total. The van der Waals surface area contributed by atoms with Crippen LogP contribution in [0.5, 0.6) is 5.75 Å². The first-order valence-electron chi connectivity index (χ1n) is 9.29. The van der Waals surface area contributed by atoms with Crippen LogP contribution in [0.25, 0.3) is 0 Å². The lowest BCUT2D eigenvalue weighted by molar-refractivity contribution is -0.132. The van der Waals surface area contributed by atoms with E-state index in [-0.39, 0.29) is 12.5 Å². The highest BCUT2D eigenvalue weighted by Crippen LogP contribution is 2.23. The lowest BCUT2D eigenvalue weighted by atomic mass is 9.97. The number of nitrogens with zero attached hydrogens (tertiary/aromatic N) is 1. The molecule has 2 aromatic rings. The SMILES string of the molecule is Cc1cccc(OCC(=O)N2CC[C@@H](Cc3cccc(C(N)=O)c3)C2)c1C. The maximum atomic E-state index is 12.5. The van der Waals surface area contributed by atoms with Gasteiger partial charge in [-0.3, -0.25) is 9.59 Å². The topological polar surface area (TPSA) is 72.6 Å². The number of hydrogen-bond acceptors (Lipinski definition) is 3. The van der Waals surface area contributed by atoms with E-state index >= 15 is 0 Å². The van der Waals surface area contributed by atoms with Crippen molar-refractivity contribution in [2.24, 2.45) is 11.7 Å². The minimum atomic E-state index is -0.413. The molecule has 1 atom stereocenters. The first-order valence-corrected chi connectivity index (χ1v) is 9.29. The summed E-state index contributed by atoms with van der Waals surface area (Å²) in [5.74, 6) is 0.758. The zero-order valence-electron chi connectivity index (χ0n) is 15.9. The van der Waals surface area contributed by atoms with Crippen LogP contribution >= 0.6 is 0 Å². The standard InChI is InChI=1S/C22H26N2O3/c1-15-5-3-8-20(16(15)2)27-14-21(25)24-10-9-18(13-24)11-17-6-4-7-19(12-17)22(23)26/h3-8,12,18H,9-11,13-14H2,1-2H3,(H2,23,26)/t18-/m0/s1. The van der Waals surface area contributed by atoms with Gasteiger partial charge in [0.25, 0.3) is 5.91 Å². The van der Waals surface area contributed by atoms with E-state index in [4.69, 9.17) is 10.5 Å². The Labute approximate surface area is 160 Å². The molecule has 0 unspecified atom stereocenters. The van der Waals surface area contributed by atoms with Crippen molar-refractivity contribution < 1.29 is 14.3 Å². The van der Waals surface area contributed by atoms with Crippen molar-refractivity contribution in [3.05, 3.63) is 64.7 Å². The molecule has 5 heteroatoms. The van der Waals surface area contributed by atoms with Gasteiger partial charge in [0.15, 0.2) is 6.61 Å². The molecule has 2 aromatic carbocycles. The van der Waals surface area contributed by atoms with Gasteiger partial charge in [-0.25, -0.2) is 0 Å². The van der Waals surface area contributed by atoms with E-state index in [0.29, 0.717) is 11.5 Å². The van der Waals surface area contributed by atoms with Crippen molar-refractivity contribution >= 4 is 11.8 Å². The molecule has 0 aromatic heterocycles. The molecule has 0 saturated carbocycles. The fourth-order valence-corrected chi connectivity index (χ4v) is 3.52. The van der Waals surface area contributed by atoms with E-state index in [1.54, 1.807) is 6.07 Å². The van der Waals surface area contributed by atoms with Crippen LogP contribution < -0.4 is 10.5 Å². The number of benzene rings is 2. The van der Waals surface area contributed by atoms with E-state index in [1.165, 1.54) is 0 Å². The molecule has 1 aliphatic heterocycles. The number of carbonyl (C=O) groups is 2. The normalized spacial score (nSPS) is 16.4. The van der Waals surface area contributed by atoms with Crippen molar-refractivity contribution in [2.45, 2.75) is 26.7 Å². The van der Waals surface area contributed by atoms with Crippen molar-refractivity contribution in [3.63, 3.8) is 0 Å². The highest BCUT2D eigenvalue weighted by Gasteiger charge is 2.26. The fourth-order valence-electron chi connectivity index (χ4n) is 3.52. The van der Waals surface area contributed by atoms with Gasteiger partial charge in [0.05, 0.1) is 0 Å². The number of ether oxygens (including phenoxy) is 1. The number of rotatable bonds is 6. The summed E-state index contributed by atoms with van der Waals surface area (Å²) in [5, 5.41) is 0. The van der Waals surface area contributed by atoms with E-state index in [2.05, 4.69) is 0 Å². The predicted octanol–water partition coefficient (Wildman–Crippen LogP) is 2.87. The number of nitrogens with two attached hydrogens (primary N) is 1. The van der Waals surface area contributed by atoms with Crippen molar-refractivity contribution in [1.82, 2.24) is 4.90 Å². The first-order chi connectivity index (χ1) is 12.9. The second-order valence-corrected chi connectivity index (χ2v) is 7.25. The van der Waals surface area contributed by atoms with E-state index < -0.39 is 5.91 Å². The number of likely N-dealkylation sites (tertiary alicyclic amines) is 1. The molecule has 1 saturated heterocycles. The van der Waals surface area contributed by atoms with Gasteiger partial charge in [0.2, 0.25) is 5.91 Å². The molecule has 1 heterocycles. The Morgan fingerprint density at radius 2 is 1.96 bits per heavy atom. The van der Waals surface area contributed by atoms with E-state index in [9.17, 15) is 9.59 Å². The van der Waals surface area contributed by atoms with Gasteiger partial charge in [0, 0.05) is 18.7 Å². The number of aryl methyl sites for hydroxylation is 1. The maximum absolute atomic E-state index is 12.5. The van der Waals surface area contributed by atoms with E-state index in [1.807, 2.05) is 55.1 Å². The van der Waals surface area contributed by atoms with Crippen LogP contribution in [0.2, 0.25) is 0 Å². The number of hydrogen-bond donors (Lipinski definition) is 1. The quantitative estimate of drug-likeness (QED) is 0.854. The molecule has 0 aliphatic carbocycles. The second kappa shape index (κ2) is 8.25. The average Bonchev–Trinajstić information content (AvgIpc) is 3.11. The minimum Gasteiger partial charge on any atom is -0.483 e. The number of primary amides is 1. The Morgan fingerprint density at radius 3 is 2.74 bits per heavy atom. The predicted molar refractivity (Wildman–Crippen MR) is 105 cm³/mol. The Kier molecular flexibility index (Phi) is 5.79. The van der Waals surface area contributed by atoms with Crippen LogP contribution in [0.1, 0.15) is 33.5 Å². The van der Waals surface area contributed by atoms with Crippen LogP contribution in [-0.4, -0.2) is 36.4 Å². The van der Waals surface area contributed by atoms with Gasteiger partial charge in [-0.2, -0.15) is 0 Å². The summed E-state index contributed by atoms with van der Waals surface area (Å²) < 4.78 is 5.74. The van der Waals surface area contributed by atoms with Gasteiger partial charge < -0.3 is 15.4 Å². The van der Waals surface area contributed by atoms with Gasteiger partial charge in [0.1, 0.15) is 5.75 Å². The Balaban J connectivity index is 1.53. The van der Waals surface area contributed by atoms with Crippen LogP contribution in [0, 0.1) is 19.8 Å². The molecule has 0 radical (unpaired) electrons.